The molecule has 11 heteroatoms. The molecule has 0 unspecified atom stereocenters. The van der Waals surface area contributed by atoms with E-state index in [1.807, 2.05) is 0 Å². The molecule has 2 aromatic carbocycles. The highest BCUT2D eigenvalue weighted by molar-refractivity contribution is 7.90. The number of aromatic amines is 1. The van der Waals surface area contributed by atoms with Crippen molar-refractivity contribution in [3.8, 4) is 28.5 Å². The highest BCUT2D eigenvalue weighted by Gasteiger charge is 2.26. The fourth-order valence-electron chi connectivity index (χ4n) is 4.06. The molecule has 2 heterocycles. The molecule has 0 fully saturated rings. The summed E-state index contributed by atoms with van der Waals surface area (Å²) in [5.41, 5.74) is 1.46. The van der Waals surface area contributed by atoms with Crippen LogP contribution in [0.1, 0.15) is 18.7 Å². The van der Waals surface area contributed by atoms with E-state index in [0.29, 0.717) is 46.0 Å². The zero-order chi connectivity index (χ0) is 26.0. The molecule has 9 nitrogen and oxygen atoms in total. The van der Waals surface area contributed by atoms with Crippen LogP contribution in [0.15, 0.2) is 53.3 Å². The summed E-state index contributed by atoms with van der Waals surface area (Å²) in [6, 6.07) is 11.6. The average Bonchev–Trinajstić information content (AvgIpc) is 3.17. The van der Waals surface area contributed by atoms with E-state index >= 15 is 0 Å². The minimum absolute atomic E-state index is 0.194. The number of hydrogen-bond acceptors (Lipinski definition) is 7. The molecule has 2 aromatic heterocycles. The summed E-state index contributed by atoms with van der Waals surface area (Å²) in [7, 11) is -0.575. The van der Waals surface area contributed by atoms with E-state index in [2.05, 4.69) is 9.97 Å². The minimum atomic E-state index is -3.54. The molecular formula is C25H26FN3O6S. The normalized spacial score (nSPS) is 12.5. The number of hydrogen-bond donors (Lipinski definition) is 1. The molecule has 0 saturated heterocycles. The number of nitrogens with one attached hydrogen (secondary N) is 1. The molecule has 0 aliphatic rings. The fourth-order valence-corrected chi connectivity index (χ4v) is 4.96. The van der Waals surface area contributed by atoms with Gasteiger partial charge in [-0.1, -0.05) is 6.07 Å². The van der Waals surface area contributed by atoms with Crippen molar-refractivity contribution in [1.29, 1.82) is 0 Å². The number of rotatable bonds is 9. The van der Waals surface area contributed by atoms with Crippen LogP contribution in [0.5, 0.6) is 17.4 Å². The summed E-state index contributed by atoms with van der Waals surface area (Å²) in [6.07, 6.45) is 1.09. The Balaban J connectivity index is 1.88. The Bertz CT molecular complexity index is 1580. The van der Waals surface area contributed by atoms with Crippen molar-refractivity contribution >= 4 is 20.9 Å². The van der Waals surface area contributed by atoms with Crippen LogP contribution in [0.3, 0.4) is 0 Å². The van der Waals surface area contributed by atoms with Gasteiger partial charge in [-0.2, -0.15) is 0 Å². The van der Waals surface area contributed by atoms with Gasteiger partial charge in [0.1, 0.15) is 21.4 Å². The maximum Gasteiger partial charge on any atom is 0.327 e. The zero-order valence-corrected chi connectivity index (χ0v) is 21.1. The van der Waals surface area contributed by atoms with Crippen molar-refractivity contribution in [2.24, 2.45) is 0 Å². The predicted molar refractivity (Wildman–Crippen MR) is 134 cm³/mol. The van der Waals surface area contributed by atoms with Gasteiger partial charge in [0, 0.05) is 11.8 Å². The first-order valence-electron chi connectivity index (χ1n) is 11.1. The van der Waals surface area contributed by atoms with Gasteiger partial charge in [0.2, 0.25) is 0 Å². The SMILES string of the molecule is CCOc1nc([C@@H](CS(C)(=O)=O)n2c(=O)[nH]c3cc(-c4cc(OC)ccc4F)ccc32)ccc1OC. The number of aromatic nitrogens is 3. The van der Waals surface area contributed by atoms with Crippen LogP contribution in [0.4, 0.5) is 4.39 Å². The Kier molecular flexibility index (Phi) is 7.02. The number of nitrogens with zero attached hydrogens (tertiary/aromatic N) is 2. The van der Waals surface area contributed by atoms with Gasteiger partial charge in [-0.3, -0.25) is 4.57 Å². The van der Waals surface area contributed by atoms with E-state index < -0.39 is 27.4 Å². The molecule has 4 rings (SSSR count). The molecule has 4 aromatic rings. The Hall–Kier alpha value is -3.86. The van der Waals surface area contributed by atoms with Crippen LogP contribution < -0.4 is 19.9 Å². The molecule has 0 spiro atoms. The predicted octanol–water partition coefficient (Wildman–Crippen LogP) is 3.58. The minimum Gasteiger partial charge on any atom is -0.497 e. The fraction of sp³-hybridized carbons (Fsp3) is 0.280. The second kappa shape index (κ2) is 10.0. The van der Waals surface area contributed by atoms with E-state index in [1.165, 1.54) is 30.9 Å². The largest absolute Gasteiger partial charge is 0.497 e. The van der Waals surface area contributed by atoms with Gasteiger partial charge in [0.05, 0.1) is 49.3 Å². The van der Waals surface area contributed by atoms with E-state index in [-0.39, 0.29) is 11.6 Å². The van der Waals surface area contributed by atoms with Gasteiger partial charge < -0.3 is 19.2 Å². The molecule has 190 valence electrons. The first-order chi connectivity index (χ1) is 17.1. The molecule has 0 saturated carbocycles. The van der Waals surface area contributed by atoms with E-state index in [1.54, 1.807) is 43.3 Å². The van der Waals surface area contributed by atoms with Gasteiger partial charge in [0.25, 0.3) is 5.88 Å². The van der Waals surface area contributed by atoms with Gasteiger partial charge in [-0.25, -0.2) is 22.6 Å². The van der Waals surface area contributed by atoms with E-state index in [4.69, 9.17) is 14.2 Å². The lowest BCUT2D eigenvalue weighted by Crippen LogP contribution is -2.29. The third-order valence-corrected chi connectivity index (χ3v) is 6.58. The summed E-state index contributed by atoms with van der Waals surface area (Å²) in [6.45, 7) is 2.11. The highest BCUT2D eigenvalue weighted by Crippen LogP contribution is 2.32. The highest BCUT2D eigenvalue weighted by atomic mass is 32.2. The maximum absolute atomic E-state index is 14.5. The standard InChI is InChI=1S/C25H26FN3O6S/c1-5-35-24-23(34-3)11-9-19(27-24)22(14-36(4,31)32)29-21-10-6-15(12-20(21)28-25(29)30)17-13-16(33-2)7-8-18(17)26/h6-13,22H,5,14H2,1-4H3,(H,28,30)/t22-/m1/s1. The number of pyridine rings is 1. The monoisotopic (exact) mass is 515 g/mol. The number of methoxy groups -OCH3 is 2. The van der Waals surface area contributed by atoms with Crippen LogP contribution in [0.25, 0.3) is 22.2 Å². The molecule has 0 aliphatic heterocycles. The summed E-state index contributed by atoms with van der Waals surface area (Å²) < 4.78 is 56.6. The number of imidazole rings is 1. The van der Waals surface area contributed by atoms with Crippen molar-refractivity contribution < 1.29 is 27.0 Å². The second-order valence-corrected chi connectivity index (χ2v) is 10.3. The number of ether oxygens (including phenoxy) is 3. The van der Waals surface area contributed by atoms with Gasteiger partial charge in [0.15, 0.2) is 5.75 Å². The Morgan fingerprint density at radius 3 is 2.53 bits per heavy atom. The van der Waals surface area contributed by atoms with Crippen LogP contribution >= 0.6 is 0 Å². The lowest BCUT2D eigenvalue weighted by atomic mass is 10.0. The van der Waals surface area contributed by atoms with Gasteiger partial charge in [-0.05, 0) is 55.0 Å². The van der Waals surface area contributed by atoms with Gasteiger partial charge >= 0.3 is 5.69 Å². The quantitative estimate of drug-likeness (QED) is 0.363. The maximum atomic E-state index is 14.5. The molecule has 1 N–H and O–H groups in total. The zero-order valence-electron chi connectivity index (χ0n) is 20.2. The molecule has 0 radical (unpaired) electrons. The second-order valence-electron chi connectivity index (χ2n) is 8.16. The molecule has 0 amide bonds. The Morgan fingerprint density at radius 1 is 1.08 bits per heavy atom. The first kappa shape index (κ1) is 25.2. The van der Waals surface area contributed by atoms with Crippen molar-refractivity contribution in [3.05, 3.63) is 70.5 Å². The van der Waals surface area contributed by atoms with E-state index in [9.17, 15) is 17.6 Å². The van der Waals surface area contributed by atoms with Crippen molar-refractivity contribution in [3.63, 3.8) is 0 Å². The lowest BCUT2D eigenvalue weighted by molar-refractivity contribution is 0.296. The molecule has 0 aliphatic carbocycles. The van der Waals surface area contributed by atoms with Crippen LogP contribution in [-0.4, -0.2) is 55.8 Å². The topological polar surface area (TPSA) is 113 Å². The number of sulfone groups is 1. The average molecular weight is 516 g/mol. The number of halogens is 1. The van der Waals surface area contributed by atoms with Crippen LogP contribution in [0.2, 0.25) is 0 Å². The van der Waals surface area contributed by atoms with Crippen molar-refractivity contribution in [2.45, 2.75) is 13.0 Å². The summed E-state index contributed by atoms with van der Waals surface area (Å²) in [5.74, 6) is 0.241. The molecule has 36 heavy (non-hydrogen) atoms. The summed E-state index contributed by atoms with van der Waals surface area (Å²) in [5, 5.41) is 0. The molecule has 1 atom stereocenters. The van der Waals surface area contributed by atoms with Crippen molar-refractivity contribution in [2.75, 3.05) is 32.8 Å². The Morgan fingerprint density at radius 2 is 1.86 bits per heavy atom. The number of H-pyrrole nitrogens is 1. The van der Waals surface area contributed by atoms with E-state index in [0.717, 1.165) is 6.26 Å². The first-order valence-corrected chi connectivity index (χ1v) is 13.1. The number of fused-ring (bicyclic) bond motifs is 1. The molecule has 0 bridgehead atoms. The van der Waals surface area contributed by atoms with Crippen LogP contribution in [-0.2, 0) is 9.84 Å². The summed E-state index contributed by atoms with van der Waals surface area (Å²) >= 11 is 0. The Labute approximate surface area is 207 Å². The molecular weight excluding hydrogens is 489 g/mol. The summed E-state index contributed by atoms with van der Waals surface area (Å²) in [4.78, 5) is 20.4. The third-order valence-electron chi connectivity index (χ3n) is 5.66. The van der Waals surface area contributed by atoms with Crippen LogP contribution in [0, 0.1) is 5.82 Å². The van der Waals surface area contributed by atoms with Gasteiger partial charge in [-0.15, -0.1) is 0 Å². The third kappa shape index (κ3) is 5.06. The lowest BCUT2D eigenvalue weighted by Gasteiger charge is -2.19. The number of benzene rings is 2. The smallest absolute Gasteiger partial charge is 0.327 e. The van der Waals surface area contributed by atoms with Crippen molar-refractivity contribution in [1.82, 2.24) is 14.5 Å².